The van der Waals surface area contributed by atoms with Crippen LogP contribution >= 0.6 is 9.24 Å². The lowest BCUT2D eigenvalue weighted by atomic mass is 10.2. The predicted octanol–water partition coefficient (Wildman–Crippen LogP) is 4.59. The first-order chi connectivity index (χ1) is 9.27. The average molecular weight is 281 g/mol. The van der Waals surface area contributed by atoms with Crippen LogP contribution in [0.4, 0.5) is 0 Å². The van der Waals surface area contributed by atoms with Crippen LogP contribution in [0.25, 0.3) is 0 Å². The Morgan fingerprint density at radius 1 is 0.895 bits per heavy atom. The van der Waals surface area contributed by atoms with Gasteiger partial charge in [0.05, 0.1) is 19.0 Å². The van der Waals surface area contributed by atoms with Crippen LogP contribution < -0.4 is 14.8 Å². The molecule has 0 heterocycles. The third kappa shape index (κ3) is 6.82. The molecule has 0 aromatic heterocycles. The Kier molecular flexibility index (Phi) is 8.66. The van der Waals surface area contributed by atoms with E-state index in [0.717, 1.165) is 42.9 Å². The first-order valence-electron chi connectivity index (χ1n) is 7.39. The van der Waals surface area contributed by atoms with Crippen LogP contribution in [0.2, 0.25) is 0 Å². The Balaban J connectivity index is 2.42. The quantitative estimate of drug-likeness (QED) is 0.461. The molecule has 0 radical (unpaired) electrons. The summed E-state index contributed by atoms with van der Waals surface area (Å²) in [5.74, 6) is 1.77. The lowest BCUT2D eigenvalue weighted by Crippen LogP contribution is -2.05. The molecule has 0 atom stereocenters. The van der Waals surface area contributed by atoms with Crippen LogP contribution in [0.5, 0.6) is 11.5 Å². The molecular weight excluding hydrogens is 255 g/mol. The van der Waals surface area contributed by atoms with Gasteiger partial charge in [-0.25, -0.2) is 0 Å². The van der Waals surface area contributed by atoms with Gasteiger partial charge in [-0.3, -0.25) is 0 Å². The fourth-order valence-electron chi connectivity index (χ4n) is 1.79. The second kappa shape index (κ2) is 10.1. The van der Waals surface area contributed by atoms with E-state index in [9.17, 15) is 0 Å². The monoisotopic (exact) mass is 281 g/mol. The highest BCUT2D eigenvalue weighted by atomic mass is 31.0. The number of hydrogen-bond donors (Lipinski definition) is 0. The van der Waals surface area contributed by atoms with E-state index in [1.807, 2.05) is 18.2 Å². The second-order valence-electron chi connectivity index (χ2n) is 4.77. The average Bonchev–Trinajstić information content (AvgIpc) is 2.42. The SMILES string of the molecule is CCCCCOc1ccc([PH-])c(OCCCCC)c1. The molecule has 3 heteroatoms. The molecular formula is C16H26O2P-. The zero-order chi connectivity index (χ0) is 13.9. The molecule has 0 amide bonds. The van der Waals surface area contributed by atoms with Gasteiger partial charge in [0.2, 0.25) is 0 Å². The van der Waals surface area contributed by atoms with E-state index in [1.54, 1.807) is 0 Å². The van der Waals surface area contributed by atoms with Crippen LogP contribution in [-0.4, -0.2) is 13.2 Å². The lowest BCUT2D eigenvalue weighted by Gasteiger charge is -2.15. The molecule has 0 bridgehead atoms. The van der Waals surface area contributed by atoms with E-state index in [-0.39, 0.29) is 0 Å². The van der Waals surface area contributed by atoms with Crippen molar-refractivity contribution in [3.63, 3.8) is 0 Å². The Morgan fingerprint density at radius 3 is 2.16 bits per heavy atom. The third-order valence-corrected chi connectivity index (χ3v) is 3.39. The van der Waals surface area contributed by atoms with E-state index in [0.29, 0.717) is 0 Å². The summed E-state index contributed by atoms with van der Waals surface area (Å²) in [7, 11) is 3.57. The van der Waals surface area contributed by atoms with Crippen LogP contribution in [0, 0.1) is 0 Å². The normalized spacial score (nSPS) is 10.5. The number of rotatable bonds is 10. The largest absolute Gasteiger partial charge is 0.521 e. The topological polar surface area (TPSA) is 18.5 Å². The van der Waals surface area contributed by atoms with E-state index < -0.39 is 0 Å². The Bertz CT molecular complexity index is 353. The van der Waals surface area contributed by atoms with Crippen molar-refractivity contribution in [2.75, 3.05) is 13.2 Å². The van der Waals surface area contributed by atoms with Crippen molar-refractivity contribution in [3.8, 4) is 11.5 Å². The van der Waals surface area contributed by atoms with Gasteiger partial charge in [-0.1, -0.05) is 45.6 Å². The van der Waals surface area contributed by atoms with Gasteiger partial charge in [0, 0.05) is 6.07 Å². The maximum atomic E-state index is 5.78. The summed E-state index contributed by atoms with van der Waals surface area (Å²) in [5.41, 5.74) is 0. The van der Waals surface area contributed by atoms with Crippen molar-refractivity contribution in [1.29, 1.82) is 0 Å². The first kappa shape index (κ1) is 16.3. The van der Waals surface area contributed by atoms with Gasteiger partial charge >= 0.3 is 0 Å². The maximum Gasteiger partial charge on any atom is 0.122 e. The van der Waals surface area contributed by atoms with E-state index in [1.165, 1.54) is 25.7 Å². The maximum absolute atomic E-state index is 5.78. The standard InChI is InChI=1S/C16H26O2P/c1-3-5-7-11-17-14-9-10-16(19)15(13-14)18-12-8-6-4-2/h9-10,13,19H,3-8,11-12H2,1-2H3/q-1. The lowest BCUT2D eigenvalue weighted by molar-refractivity contribution is 0.293. The molecule has 0 aliphatic rings. The molecule has 0 N–H and O–H groups in total. The third-order valence-electron chi connectivity index (χ3n) is 2.98. The molecule has 1 aromatic rings. The zero-order valence-electron chi connectivity index (χ0n) is 12.2. The van der Waals surface area contributed by atoms with Gasteiger partial charge in [0.1, 0.15) is 5.75 Å². The fraction of sp³-hybridized carbons (Fsp3) is 0.625. The Labute approximate surface area is 120 Å². The smallest absolute Gasteiger partial charge is 0.122 e. The van der Waals surface area contributed by atoms with Gasteiger partial charge in [-0.15, -0.1) is 0 Å². The van der Waals surface area contributed by atoms with Crippen LogP contribution in [0.3, 0.4) is 0 Å². The fourth-order valence-corrected chi connectivity index (χ4v) is 2.02. The minimum absolute atomic E-state index is 0.768. The second-order valence-corrected chi connectivity index (χ2v) is 5.31. The van der Waals surface area contributed by atoms with Crippen molar-refractivity contribution < 1.29 is 9.47 Å². The summed E-state index contributed by atoms with van der Waals surface area (Å²) in [6, 6.07) is 5.94. The van der Waals surface area contributed by atoms with Crippen LogP contribution in [0.15, 0.2) is 18.2 Å². The summed E-state index contributed by atoms with van der Waals surface area (Å²) in [5, 5.41) is 0.984. The molecule has 108 valence electrons. The molecule has 0 fully saturated rings. The molecule has 2 nitrogen and oxygen atoms in total. The van der Waals surface area contributed by atoms with Gasteiger partial charge in [-0.05, 0) is 18.9 Å². The zero-order valence-corrected chi connectivity index (χ0v) is 13.2. The molecule has 0 unspecified atom stereocenters. The van der Waals surface area contributed by atoms with Crippen molar-refractivity contribution in [3.05, 3.63) is 18.2 Å². The summed E-state index contributed by atoms with van der Waals surface area (Å²) < 4.78 is 11.5. The summed E-state index contributed by atoms with van der Waals surface area (Å²) in [6.07, 6.45) is 7.07. The minimum atomic E-state index is 0.768. The molecule has 0 aliphatic heterocycles. The summed E-state index contributed by atoms with van der Waals surface area (Å²) in [4.78, 5) is 0. The van der Waals surface area contributed by atoms with Crippen molar-refractivity contribution >= 4 is 14.5 Å². The molecule has 1 rings (SSSR count). The van der Waals surface area contributed by atoms with E-state index >= 15 is 0 Å². The van der Waals surface area contributed by atoms with Crippen molar-refractivity contribution in [2.24, 2.45) is 0 Å². The predicted molar refractivity (Wildman–Crippen MR) is 84.4 cm³/mol. The molecule has 0 aliphatic carbocycles. The molecule has 0 saturated heterocycles. The highest BCUT2D eigenvalue weighted by molar-refractivity contribution is 7.27. The van der Waals surface area contributed by atoms with Crippen LogP contribution in [0.1, 0.15) is 52.4 Å². The van der Waals surface area contributed by atoms with Crippen molar-refractivity contribution in [1.82, 2.24) is 0 Å². The molecule has 19 heavy (non-hydrogen) atoms. The highest BCUT2D eigenvalue weighted by Gasteiger charge is 1.99. The highest BCUT2D eigenvalue weighted by Crippen LogP contribution is 2.20. The number of ether oxygens (including phenoxy) is 2. The minimum Gasteiger partial charge on any atom is -0.521 e. The molecule has 1 aromatic carbocycles. The van der Waals surface area contributed by atoms with Gasteiger partial charge in [0.15, 0.2) is 0 Å². The molecule has 0 spiro atoms. The Hall–Kier alpha value is -0.750. The Morgan fingerprint density at radius 2 is 1.53 bits per heavy atom. The summed E-state index contributed by atoms with van der Waals surface area (Å²) in [6.45, 7) is 5.94. The van der Waals surface area contributed by atoms with E-state index in [2.05, 4.69) is 23.1 Å². The number of hydrogen-bond acceptors (Lipinski definition) is 2. The van der Waals surface area contributed by atoms with Crippen LogP contribution in [-0.2, 0) is 0 Å². The number of benzene rings is 1. The van der Waals surface area contributed by atoms with Gasteiger partial charge in [-0.2, -0.15) is 5.30 Å². The van der Waals surface area contributed by atoms with Gasteiger partial charge in [0.25, 0.3) is 0 Å². The van der Waals surface area contributed by atoms with Gasteiger partial charge < -0.3 is 18.7 Å². The first-order valence-corrected chi connectivity index (χ1v) is 7.89. The van der Waals surface area contributed by atoms with E-state index in [4.69, 9.17) is 9.47 Å². The van der Waals surface area contributed by atoms with Crippen molar-refractivity contribution in [2.45, 2.75) is 52.4 Å². The summed E-state index contributed by atoms with van der Waals surface area (Å²) >= 11 is 0. The number of unbranched alkanes of at least 4 members (excludes halogenated alkanes) is 4. The molecule has 0 saturated carbocycles.